The molecule has 0 saturated carbocycles. The van der Waals surface area contributed by atoms with Crippen LogP contribution in [0.5, 0.6) is 0 Å². The SMILES string of the molecule is C[C@@H](CN1CCC2(CC1)C(=O)NC[C@H]2c1ccc(F)cc1)NC(=O)c1cnc2ccccc2c1.O=C(O)C(F)(F)F.O=C(O)C(F)(F)F. The highest BCUT2D eigenvalue weighted by Gasteiger charge is 2.52. The summed E-state index contributed by atoms with van der Waals surface area (Å²) in [6.07, 6.45) is -7.06. The molecule has 2 aromatic carbocycles. The van der Waals surface area contributed by atoms with E-state index in [1.165, 1.54) is 12.1 Å². The molecule has 4 N–H and O–H groups in total. The summed E-state index contributed by atoms with van der Waals surface area (Å²) < 4.78 is 76.9. The van der Waals surface area contributed by atoms with Crippen LogP contribution < -0.4 is 10.6 Å². The molecular formula is C31H31F7N4O6. The molecule has 1 aromatic heterocycles. The lowest BCUT2D eigenvalue weighted by Crippen LogP contribution is -2.49. The highest BCUT2D eigenvalue weighted by Crippen LogP contribution is 2.47. The fraction of sp³-hybridized carbons (Fsp3) is 0.387. The monoisotopic (exact) mass is 688 g/mol. The number of carboxylic acids is 2. The summed E-state index contributed by atoms with van der Waals surface area (Å²) in [6.45, 7) is 4.87. The number of aromatic nitrogens is 1. The Labute approximate surface area is 268 Å². The summed E-state index contributed by atoms with van der Waals surface area (Å²) in [5, 5.41) is 21.3. The predicted octanol–water partition coefficient (Wildman–Crippen LogP) is 4.75. The summed E-state index contributed by atoms with van der Waals surface area (Å²) in [4.78, 5) is 50.1. The molecule has 48 heavy (non-hydrogen) atoms. The van der Waals surface area contributed by atoms with E-state index in [9.17, 15) is 40.3 Å². The molecule has 3 aromatic rings. The van der Waals surface area contributed by atoms with E-state index in [1.807, 2.05) is 37.3 Å². The van der Waals surface area contributed by atoms with Gasteiger partial charge >= 0.3 is 24.3 Å². The number of hydrogen-bond donors (Lipinski definition) is 4. The first-order valence-electron chi connectivity index (χ1n) is 14.4. The number of carboxylic acid groups (broad SMARTS) is 2. The topological polar surface area (TPSA) is 149 Å². The van der Waals surface area contributed by atoms with E-state index in [0.717, 1.165) is 42.4 Å². The predicted molar refractivity (Wildman–Crippen MR) is 156 cm³/mol. The van der Waals surface area contributed by atoms with Gasteiger partial charge in [-0.2, -0.15) is 26.3 Å². The van der Waals surface area contributed by atoms with Crippen LogP contribution in [0.25, 0.3) is 10.9 Å². The first-order chi connectivity index (χ1) is 22.3. The highest BCUT2D eigenvalue weighted by molar-refractivity contribution is 5.97. The normalized spacial score (nSPS) is 18.1. The highest BCUT2D eigenvalue weighted by atomic mass is 19.4. The van der Waals surface area contributed by atoms with Crippen LogP contribution >= 0.6 is 0 Å². The van der Waals surface area contributed by atoms with E-state index < -0.39 is 29.7 Å². The third-order valence-electron chi connectivity index (χ3n) is 7.85. The molecule has 1 spiro atoms. The molecule has 5 rings (SSSR count). The molecule has 0 aliphatic carbocycles. The molecule has 2 atom stereocenters. The Bertz CT molecular complexity index is 1580. The van der Waals surface area contributed by atoms with E-state index in [2.05, 4.69) is 20.5 Å². The van der Waals surface area contributed by atoms with Crippen molar-refractivity contribution in [2.75, 3.05) is 26.2 Å². The van der Waals surface area contributed by atoms with Gasteiger partial charge in [0.25, 0.3) is 5.91 Å². The Hall–Kier alpha value is -4.80. The summed E-state index contributed by atoms with van der Waals surface area (Å²) in [5.41, 5.74) is 1.98. The maximum absolute atomic E-state index is 13.4. The van der Waals surface area contributed by atoms with Crippen molar-refractivity contribution in [2.24, 2.45) is 5.41 Å². The van der Waals surface area contributed by atoms with Crippen LogP contribution in [0.3, 0.4) is 0 Å². The molecule has 0 unspecified atom stereocenters. The van der Waals surface area contributed by atoms with Crippen molar-refractivity contribution in [3.8, 4) is 0 Å². The summed E-state index contributed by atoms with van der Waals surface area (Å²) in [7, 11) is 0. The number of piperidine rings is 1. The third-order valence-corrected chi connectivity index (χ3v) is 7.85. The number of alkyl halides is 6. The Kier molecular flexibility index (Phi) is 12.1. The van der Waals surface area contributed by atoms with Crippen LogP contribution in [0, 0.1) is 11.2 Å². The average molecular weight is 689 g/mol. The number of nitrogens with zero attached hydrogens (tertiary/aromatic N) is 2. The van der Waals surface area contributed by atoms with Gasteiger partial charge in [-0.15, -0.1) is 0 Å². The Morgan fingerprint density at radius 2 is 1.52 bits per heavy atom. The minimum Gasteiger partial charge on any atom is -0.475 e. The van der Waals surface area contributed by atoms with Crippen molar-refractivity contribution in [1.82, 2.24) is 20.5 Å². The van der Waals surface area contributed by atoms with Crippen LogP contribution in [0.1, 0.15) is 41.6 Å². The van der Waals surface area contributed by atoms with Crippen LogP contribution in [-0.4, -0.2) is 88.4 Å². The van der Waals surface area contributed by atoms with Gasteiger partial charge in [-0.05, 0) is 62.7 Å². The van der Waals surface area contributed by atoms with Crippen molar-refractivity contribution < 1.29 is 60.1 Å². The second-order valence-electron chi connectivity index (χ2n) is 11.2. The zero-order valence-electron chi connectivity index (χ0n) is 25.2. The first-order valence-corrected chi connectivity index (χ1v) is 14.4. The maximum Gasteiger partial charge on any atom is 0.490 e. The van der Waals surface area contributed by atoms with Crippen molar-refractivity contribution in [3.05, 3.63) is 77.7 Å². The number of pyridine rings is 1. The minimum atomic E-state index is -5.08. The van der Waals surface area contributed by atoms with Crippen LogP contribution in [-0.2, 0) is 14.4 Å². The third kappa shape index (κ3) is 9.85. The molecule has 2 saturated heterocycles. The number of hydrogen-bond acceptors (Lipinski definition) is 6. The summed E-state index contributed by atoms with van der Waals surface area (Å²) >= 11 is 0. The van der Waals surface area contributed by atoms with Gasteiger partial charge < -0.3 is 25.7 Å². The standard InChI is InChI=1S/C27H29FN4O2.2C2HF3O2/c1-18(31-25(33)21-14-20-4-2-3-5-24(20)29-15-21)17-32-12-10-27(11-13-32)23(16-30-26(27)34)19-6-8-22(28)9-7-19;2*3-2(4,5)1(6)7/h2-9,14-15,18,23H,10-13,16-17H2,1H3,(H,30,34)(H,31,33);2*(H,6,7)/t18-,23-;;/m0../s1. The molecule has 10 nitrogen and oxygen atoms in total. The molecule has 3 heterocycles. The number of carbonyl (C=O) groups excluding carboxylic acids is 2. The lowest BCUT2D eigenvalue weighted by Gasteiger charge is -2.41. The van der Waals surface area contributed by atoms with Gasteiger partial charge in [-0.25, -0.2) is 14.0 Å². The molecule has 2 aliphatic rings. The Morgan fingerprint density at radius 3 is 2.06 bits per heavy atom. The van der Waals surface area contributed by atoms with Crippen LogP contribution in [0.15, 0.2) is 60.8 Å². The smallest absolute Gasteiger partial charge is 0.475 e. The van der Waals surface area contributed by atoms with Crippen LogP contribution in [0.2, 0.25) is 0 Å². The second kappa shape index (κ2) is 15.4. The van der Waals surface area contributed by atoms with Gasteiger partial charge in [0.2, 0.25) is 5.91 Å². The van der Waals surface area contributed by atoms with Crippen molar-refractivity contribution in [3.63, 3.8) is 0 Å². The zero-order chi connectivity index (χ0) is 35.9. The molecular weight excluding hydrogens is 657 g/mol. The maximum atomic E-state index is 13.4. The molecule has 2 fully saturated rings. The first kappa shape index (κ1) is 37.7. The fourth-order valence-electron chi connectivity index (χ4n) is 5.50. The number of amides is 2. The molecule has 17 heteroatoms. The van der Waals surface area contributed by atoms with Crippen molar-refractivity contribution >= 4 is 34.7 Å². The van der Waals surface area contributed by atoms with E-state index in [-0.39, 0.29) is 29.6 Å². The number of benzene rings is 2. The minimum absolute atomic E-state index is 0.0432. The number of likely N-dealkylation sites (tertiary alicyclic amines) is 1. The largest absolute Gasteiger partial charge is 0.490 e. The van der Waals surface area contributed by atoms with Crippen molar-refractivity contribution in [1.29, 1.82) is 0 Å². The number of halogens is 7. The zero-order valence-corrected chi connectivity index (χ0v) is 25.2. The van der Waals surface area contributed by atoms with E-state index in [1.54, 1.807) is 18.3 Å². The van der Waals surface area contributed by atoms with Gasteiger partial charge in [0, 0.05) is 36.6 Å². The number of fused-ring (bicyclic) bond motifs is 1. The van der Waals surface area contributed by atoms with Gasteiger partial charge in [0.1, 0.15) is 5.82 Å². The molecule has 0 radical (unpaired) electrons. The van der Waals surface area contributed by atoms with Gasteiger partial charge in [0.15, 0.2) is 0 Å². The lowest BCUT2D eigenvalue weighted by atomic mass is 9.68. The molecule has 0 bridgehead atoms. The lowest BCUT2D eigenvalue weighted by molar-refractivity contribution is -0.193. The average Bonchev–Trinajstić information content (AvgIpc) is 3.32. The summed E-state index contributed by atoms with van der Waals surface area (Å²) in [6, 6.07) is 16.1. The van der Waals surface area contributed by atoms with E-state index in [4.69, 9.17) is 19.8 Å². The van der Waals surface area contributed by atoms with Gasteiger partial charge in [0.05, 0.1) is 16.5 Å². The Balaban J connectivity index is 0.000000376. The quantitative estimate of drug-likeness (QED) is 0.281. The van der Waals surface area contributed by atoms with Crippen molar-refractivity contribution in [2.45, 2.75) is 44.1 Å². The molecule has 2 aliphatic heterocycles. The van der Waals surface area contributed by atoms with Gasteiger partial charge in [-0.1, -0.05) is 30.3 Å². The number of aliphatic carboxylic acids is 2. The number of rotatable bonds is 5. The van der Waals surface area contributed by atoms with E-state index >= 15 is 0 Å². The Morgan fingerprint density at radius 1 is 0.979 bits per heavy atom. The van der Waals surface area contributed by atoms with Crippen LogP contribution in [0.4, 0.5) is 30.7 Å². The number of para-hydroxylation sites is 1. The number of nitrogens with one attached hydrogen (secondary N) is 2. The number of carbonyl (C=O) groups is 4. The van der Waals surface area contributed by atoms with Gasteiger partial charge in [-0.3, -0.25) is 14.6 Å². The molecule has 2 amide bonds. The molecule has 260 valence electrons. The summed E-state index contributed by atoms with van der Waals surface area (Å²) in [5.74, 6) is -5.75. The second-order valence-corrected chi connectivity index (χ2v) is 11.2. The van der Waals surface area contributed by atoms with E-state index in [0.29, 0.717) is 18.7 Å². The fourth-order valence-corrected chi connectivity index (χ4v) is 5.50.